The molecule has 10 aromatic rings. The second kappa shape index (κ2) is 12.5. The smallest absolute Gasteiger partial charge is 0.0547 e. The van der Waals surface area contributed by atoms with Crippen molar-refractivity contribution >= 4 is 60.4 Å². The van der Waals surface area contributed by atoms with E-state index < -0.39 is 0 Å². The molecule has 0 unspecified atom stereocenters. The van der Waals surface area contributed by atoms with Gasteiger partial charge in [0, 0.05) is 33.1 Å². The van der Waals surface area contributed by atoms with Gasteiger partial charge in [-0.1, -0.05) is 158 Å². The Hall–Kier alpha value is -6.90. The molecule has 0 spiro atoms. The molecule has 1 aromatic heterocycles. The molecule has 0 bridgehead atoms. The van der Waals surface area contributed by atoms with Gasteiger partial charge in [-0.15, -0.1) is 0 Å². The molecule has 0 amide bonds. The van der Waals surface area contributed by atoms with Crippen LogP contribution >= 0.6 is 0 Å². The molecule has 244 valence electrons. The van der Waals surface area contributed by atoms with Crippen molar-refractivity contribution in [2.45, 2.75) is 0 Å². The molecular formula is C50H34N2. The van der Waals surface area contributed by atoms with Gasteiger partial charge < -0.3 is 9.47 Å². The third-order valence-electron chi connectivity index (χ3n) is 10.3. The Morgan fingerprint density at radius 1 is 0.346 bits per heavy atom. The number of aromatic nitrogens is 1. The standard InChI is InChI=1S/C50H34N2/c1-3-17-35(18-4-1)36-20-15-23-39(33-36)52(49-34-37-19-7-8-24-40(37)41-25-9-10-26-42(41)49)46-30-13-11-27-43(46)44-29-16-32-48-50(44)45-28-12-14-31-47(45)51(48)38-21-5-2-6-22-38/h1-34H. The number of hydrogen-bond donors (Lipinski definition) is 0. The summed E-state index contributed by atoms with van der Waals surface area (Å²) in [5.41, 5.74) is 11.7. The van der Waals surface area contributed by atoms with Crippen LogP contribution in [0.3, 0.4) is 0 Å². The van der Waals surface area contributed by atoms with Gasteiger partial charge in [-0.05, 0) is 81.4 Å². The Bertz CT molecular complexity index is 2900. The van der Waals surface area contributed by atoms with Crippen LogP contribution in [0.4, 0.5) is 17.1 Å². The van der Waals surface area contributed by atoms with Gasteiger partial charge in [0.15, 0.2) is 0 Å². The van der Waals surface area contributed by atoms with Crippen LogP contribution in [0.25, 0.3) is 71.3 Å². The summed E-state index contributed by atoms with van der Waals surface area (Å²) in [4.78, 5) is 2.48. The zero-order valence-corrected chi connectivity index (χ0v) is 28.5. The number of hydrogen-bond acceptors (Lipinski definition) is 1. The number of benzene rings is 9. The van der Waals surface area contributed by atoms with Gasteiger partial charge in [-0.2, -0.15) is 0 Å². The lowest BCUT2D eigenvalue weighted by molar-refractivity contribution is 1.18. The average Bonchev–Trinajstić information content (AvgIpc) is 3.57. The predicted octanol–water partition coefficient (Wildman–Crippen LogP) is 13.9. The minimum atomic E-state index is 1.10. The first-order chi connectivity index (χ1) is 25.8. The Morgan fingerprint density at radius 3 is 1.79 bits per heavy atom. The molecule has 10 rings (SSSR count). The summed E-state index contributed by atoms with van der Waals surface area (Å²) in [5.74, 6) is 0. The van der Waals surface area contributed by atoms with E-state index in [2.05, 4.69) is 216 Å². The highest BCUT2D eigenvalue weighted by atomic mass is 15.1. The Balaban J connectivity index is 1.29. The van der Waals surface area contributed by atoms with Gasteiger partial charge in [0.25, 0.3) is 0 Å². The highest BCUT2D eigenvalue weighted by Gasteiger charge is 2.23. The maximum atomic E-state index is 2.48. The second-order valence-electron chi connectivity index (χ2n) is 13.3. The van der Waals surface area contributed by atoms with E-state index in [0.29, 0.717) is 0 Å². The van der Waals surface area contributed by atoms with Gasteiger partial charge >= 0.3 is 0 Å². The summed E-state index contributed by atoms with van der Waals surface area (Å²) >= 11 is 0. The van der Waals surface area contributed by atoms with Crippen LogP contribution in [-0.2, 0) is 0 Å². The maximum Gasteiger partial charge on any atom is 0.0547 e. The molecule has 52 heavy (non-hydrogen) atoms. The molecule has 0 radical (unpaired) electrons. The molecule has 0 atom stereocenters. The molecule has 9 aromatic carbocycles. The Morgan fingerprint density at radius 2 is 0.942 bits per heavy atom. The van der Waals surface area contributed by atoms with Gasteiger partial charge in [0.1, 0.15) is 0 Å². The lowest BCUT2D eigenvalue weighted by Crippen LogP contribution is -2.12. The first kappa shape index (κ1) is 30.0. The predicted molar refractivity (Wildman–Crippen MR) is 221 cm³/mol. The zero-order chi connectivity index (χ0) is 34.4. The minimum Gasteiger partial charge on any atom is -0.309 e. The number of para-hydroxylation sites is 3. The van der Waals surface area contributed by atoms with Crippen molar-refractivity contribution in [3.8, 4) is 27.9 Å². The fourth-order valence-electron chi connectivity index (χ4n) is 8.08. The molecule has 0 fully saturated rings. The van der Waals surface area contributed by atoms with Crippen molar-refractivity contribution in [2.75, 3.05) is 4.90 Å². The van der Waals surface area contributed by atoms with Crippen molar-refractivity contribution in [3.63, 3.8) is 0 Å². The molecule has 1 heterocycles. The van der Waals surface area contributed by atoms with E-state index in [1.807, 2.05) is 0 Å². The van der Waals surface area contributed by atoms with E-state index in [0.717, 1.165) is 22.7 Å². The first-order valence-electron chi connectivity index (χ1n) is 17.9. The monoisotopic (exact) mass is 662 g/mol. The van der Waals surface area contributed by atoms with E-state index in [9.17, 15) is 0 Å². The molecule has 2 nitrogen and oxygen atoms in total. The Kier molecular flexibility index (Phi) is 7.18. The largest absolute Gasteiger partial charge is 0.309 e. The van der Waals surface area contributed by atoms with Gasteiger partial charge in [-0.3, -0.25) is 0 Å². The van der Waals surface area contributed by atoms with Crippen LogP contribution in [-0.4, -0.2) is 4.57 Å². The molecule has 0 aliphatic carbocycles. The number of nitrogens with zero attached hydrogens (tertiary/aromatic N) is 2. The number of fused-ring (bicyclic) bond motifs is 6. The lowest BCUT2D eigenvalue weighted by atomic mass is 9.95. The number of rotatable bonds is 6. The highest BCUT2D eigenvalue weighted by molar-refractivity contribution is 6.18. The average molecular weight is 663 g/mol. The third-order valence-corrected chi connectivity index (χ3v) is 10.3. The van der Waals surface area contributed by atoms with Crippen LogP contribution in [0.5, 0.6) is 0 Å². The number of anilines is 3. The molecule has 0 aliphatic rings. The summed E-state index contributed by atoms with van der Waals surface area (Å²) in [6, 6.07) is 74.7. The van der Waals surface area contributed by atoms with Crippen LogP contribution < -0.4 is 4.90 Å². The highest BCUT2D eigenvalue weighted by Crippen LogP contribution is 2.48. The quantitative estimate of drug-likeness (QED) is 0.161. The van der Waals surface area contributed by atoms with Crippen LogP contribution in [0, 0.1) is 0 Å². The maximum absolute atomic E-state index is 2.48. The summed E-state index contributed by atoms with van der Waals surface area (Å²) in [6.07, 6.45) is 0. The van der Waals surface area contributed by atoms with E-state index in [4.69, 9.17) is 0 Å². The summed E-state index contributed by atoms with van der Waals surface area (Å²) in [5, 5.41) is 7.40. The van der Waals surface area contributed by atoms with Crippen molar-refractivity contribution in [2.24, 2.45) is 0 Å². The zero-order valence-electron chi connectivity index (χ0n) is 28.5. The topological polar surface area (TPSA) is 8.17 Å². The van der Waals surface area contributed by atoms with Gasteiger partial charge in [-0.25, -0.2) is 0 Å². The lowest BCUT2D eigenvalue weighted by Gasteiger charge is -2.30. The Labute approximate surface area is 303 Å². The molecule has 0 saturated heterocycles. The van der Waals surface area contributed by atoms with Gasteiger partial charge in [0.2, 0.25) is 0 Å². The van der Waals surface area contributed by atoms with Gasteiger partial charge in [0.05, 0.1) is 22.4 Å². The van der Waals surface area contributed by atoms with E-state index >= 15 is 0 Å². The minimum absolute atomic E-state index is 1.10. The van der Waals surface area contributed by atoms with E-state index in [1.165, 1.54) is 65.6 Å². The molecule has 2 heteroatoms. The summed E-state index contributed by atoms with van der Waals surface area (Å²) in [7, 11) is 0. The van der Waals surface area contributed by atoms with Crippen LogP contribution in [0.1, 0.15) is 0 Å². The van der Waals surface area contributed by atoms with Crippen molar-refractivity contribution in [3.05, 3.63) is 206 Å². The normalized spacial score (nSPS) is 11.5. The molecule has 0 aliphatic heterocycles. The molecule has 0 saturated carbocycles. The van der Waals surface area contributed by atoms with E-state index in [1.54, 1.807) is 0 Å². The second-order valence-corrected chi connectivity index (χ2v) is 13.3. The van der Waals surface area contributed by atoms with Crippen molar-refractivity contribution < 1.29 is 0 Å². The fraction of sp³-hybridized carbons (Fsp3) is 0. The van der Waals surface area contributed by atoms with Crippen LogP contribution in [0.2, 0.25) is 0 Å². The summed E-state index contributed by atoms with van der Waals surface area (Å²) < 4.78 is 2.40. The third kappa shape index (κ3) is 4.88. The molecule has 0 N–H and O–H groups in total. The van der Waals surface area contributed by atoms with Crippen molar-refractivity contribution in [1.29, 1.82) is 0 Å². The fourth-order valence-corrected chi connectivity index (χ4v) is 8.08. The van der Waals surface area contributed by atoms with Crippen LogP contribution in [0.15, 0.2) is 206 Å². The summed E-state index contributed by atoms with van der Waals surface area (Å²) in [6.45, 7) is 0. The molecular weight excluding hydrogens is 629 g/mol. The first-order valence-corrected chi connectivity index (χ1v) is 17.9. The van der Waals surface area contributed by atoms with E-state index in [-0.39, 0.29) is 0 Å². The van der Waals surface area contributed by atoms with Crippen molar-refractivity contribution in [1.82, 2.24) is 4.57 Å². The SMILES string of the molecule is c1ccc(-c2cccc(N(c3ccccc3-c3cccc4c3c3ccccc3n4-c3ccccc3)c3cc4ccccc4c4ccccc34)c2)cc1.